The third-order valence-corrected chi connectivity index (χ3v) is 2.81. The average molecular weight is 225 g/mol. The van der Waals surface area contributed by atoms with Crippen LogP contribution in [0.15, 0.2) is 10.6 Å². The van der Waals surface area contributed by atoms with Crippen molar-refractivity contribution in [2.75, 3.05) is 20.1 Å². The van der Waals surface area contributed by atoms with Crippen LogP contribution in [0.1, 0.15) is 16.2 Å². The number of aliphatic hydroxyl groups is 1. The van der Waals surface area contributed by atoms with Crippen molar-refractivity contribution < 1.29 is 14.4 Å². The summed E-state index contributed by atoms with van der Waals surface area (Å²) in [5, 5.41) is 16.3. The molecule has 16 heavy (non-hydrogen) atoms. The zero-order valence-corrected chi connectivity index (χ0v) is 9.30. The van der Waals surface area contributed by atoms with Crippen LogP contribution in [0.2, 0.25) is 0 Å². The first-order valence-corrected chi connectivity index (χ1v) is 5.19. The number of amides is 1. The molecule has 1 fully saturated rings. The Labute approximate surface area is 93.2 Å². The van der Waals surface area contributed by atoms with Crippen LogP contribution in [0, 0.1) is 6.92 Å². The van der Waals surface area contributed by atoms with Gasteiger partial charge < -0.3 is 19.8 Å². The Morgan fingerprint density at radius 3 is 2.94 bits per heavy atom. The molecule has 2 N–H and O–H groups in total. The Balaban J connectivity index is 2.10. The quantitative estimate of drug-likeness (QED) is 0.702. The van der Waals surface area contributed by atoms with Gasteiger partial charge in [0.25, 0.3) is 5.91 Å². The fourth-order valence-corrected chi connectivity index (χ4v) is 1.84. The lowest BCUT2D eigenvalue weighted by Gasteiger charge is -2.25. The van der Waals surface area contributed by atoms with Crippen molar-refractivity contribution in [1.29, 1.82) is 0 Å². The smallest absolute Gasteiger partial charge is 0.292 e. The van der Waals surface area contributed by atoms with E-state index in [1.165, 1.54) is 4.90 Å². The minimum absolute atomic E-state index is 0.208. The van der Waals surface area contributed by atoms with E-state index in [1.54, 1.807) is 20.0 Å². The summed E-state index contributed by atoms with van der Waals surface area (Å²) in [6.45, 7) is 2.86. The summed E-state index contributed by atoms with van der Waals surface area (Å²) in [6.07, 6.45) is -0.530. The predicted molar refractivity (Wildman–Crippen MR) is 56.0 cm³/mol. The number of rotatable bonds is 2. The third-order valence-electron chi connectivity index (χ3n) is 2.81. The number of aryl methyl sites for hydroxylation is 1. The largest absolute Gasteiger partial charge is 0.390 e. The van der Waals surface area contributed by atoms with Gasteiger partial charge in [-0.3, -0.25) is 4.79 Å². The zero-order chi connectivity index (χ0) is 11.7. The minimum atomic E-state index is -0.530. The van der Waals surface area contributed by atoms with Crippen LogP contribution in [-0.2, 0) is 0 Å². The Morgan fingerprint density at radius 1 is 1.69 bits per heavy atom. The Hall–Kier alpha value is -1.40. The number of nitrogens with one attached hydrogen (secondary N) is 1. The molecule has 2 heterocycles. The van der Waals surface area contributed by atoms with Gasteiger partial charge in [-0.15, -0.1) is 0 Å². The molecule has 2 atom stereocenters. The van der Waals surface area contributed by atoms with Gasteiger partial charge >= 0.3 is 0 Å². The molecular formula is C10H15N3O3. The van der Waals surface area contributed by atoms with Crippen LogP contribution in [0.5, 0.6) is 0 Å². The number of hydrogen-bond donors (Lipinski definition) is 2. The fraction of sp³-hybridized carbons (Fsp3) is 0.600. The maximum Gasteiger partial charge on any atom is 0.292 e. The number of hydrogen-bond acceptors (Lipinski definition) is 5. The highest BCUT2D eigenvalue weighted by Gasteiger charge is 2.32. The highest BCUT2D eigenvalue weighted by Crippen LogP contribution is 2.12. The lowest BCUT2D eigenvalue weighted by atomic mass is 10.2. The van der Waals surface area contributed by atoms with Crippen LogP contribution in [0.4, 0.5) is 0 Å². The van der Waals surface area contributed by atoms with Crippen LogP contribution >= 0.6 is 0 Å². The molecule has 1 amide bonds. The minimum Gasteiger partial charge on any atom is -0.390 e. The summed E-state index contributed by atoms with van der Waals surface area (Å²) >= 11 is 0. The monoisotopic (exact) mass is 225 g/mol. The maximum atomic E-state index is 11.9. The second kappa shape index (κ2) is 4.23. The molecule has 6 heteroatoms. The number of carbonyl (C=O) groups is 1. The number of aliphatic hydroxyl groups excluding tert-OH is 1. The summed E-state index contributed by atoms with van der Waals surface area (Å²) in [5.74, 6) is -0.0487. The lowest BCUT2D eigenvalue weighted by molar-refractivity contribution is 0.0544. The number of β-amino-alcohol motifs (C(OH)–C–C–N with tert-alkyl or cyclic N) is 1. The molecule has 0 radical (unpaired) electrons. The van der Waals surface area contributed by atoms with Gasteiger partial charge in [0.1, 0.15) is 0 Å². The average Bonchev–Trinajstić information content (AvgIpc) is 2.85. The van der Waals surface area contributed by atoms with E-state index in [9.17, 15) is 9.90 Å². The first kappa shape index (κ1) is 11.1. The van der Waals surface area contributed by atoms with Gasteiger partial charge in [0.2, 0.25) is 5.76 Å². The van der Waals surface area contributed by atoms with Crippen LogP contribution in [-0.4, -0.2) is 53.4 Å². The molecule has 0 saturated carbocycles. The summed E-state index contributed by atoms with van der Waals surface area (Å²) < 4.78 is 4.90. The molecule has 1 aromatic heterocycles. The second-order valence-corrected chi connectivity index (χ2v) is 4.04. The summed E-state index contributed by atoms with van der Waals surface area (Å²) in [5.41, 5.74) is 0.668. The Bertz CT molecular complexity index is 390. The predicted octanol–water partition coefficient (Wildman–Crippen LogP) is -0.612. The number of aromatic nitrogens is 1. The molecule has 1 saturated heterocycles. The maximum absolute atomic E-state index is 11.9. The van der Waals surface area contributed by atoms with Gasteiger partial charge in [0.15, 0.2) is 0 Å². The van der Waals surface area contributed by atoms with Crippen molar-refractivity contribution in [3.63, 3.8) is 0 Å². The SMILES string of the molecule is Cc1cc(C(=O)N(C)C2CNCC2O)on1. The van der Waals surface area contributed by atoms with Crippen molar-refractivity contribution in [3.05, 3.63) is 17.5 Å². The molecule has 2 unspecified atom stereocenters. The standard InChI is InChI=1S/C10H15N3O3/c1-6-3-9(16-12-6)10(15)13(2)7-4-11-5-8(7)14/h3,7-8,11,14H,4-5H2,1-2H3. The van der Waals surface area contributed by atoms with E-state index in [2.05, 4.69) is 10.5 Å². The van der Waals surface area contributed by atoms with Crippen LogP contribution < -0.4 is 5.32 Å². The third kappa shape index (κ3) is 1.94. The highest BCUT2D eigenvalue weighted by molar-refractivity contribution is 5.91. The highest BCUT2D eigenvalue weighted by atomic mass is 16.5. The summed E-state index contributed by atoms with van der Waals surface area (Å²) in [4.78, 5) is 13.4. The second-order valence-electron chi connectivity index (χ2n) is 4.04. The molecule has 2 rings (SSSR count). The molecule has 1 aliphatic heterocycles. The van der Waals surface area contributed by atoms with Crippen molar-refractivity contribution >= 4 is 5.91 Å². The molecule has 1 aliphatic rings. The van der Waals surface area contributed by atoms with Gasteiger partial charge in [-0.05, 0) is 6.92 Å². The topological polar surface area (TPSA) is 78.6 Å². The molecular weight excluding hydrogens is 210 g/mol. The number of likely N-dealkylation sites (N-methyl/N-ethyl adjacent to an activating group) is 1. The summed E-state index contributed by atoms with van der Waals surface area (Å²) in [6, 6.07) is 1.38. The van der Waals surface area contributed by atoms with Gasteiger partial charge in [0.05, 0.1) is 17.8 Å². The van der Waals surface area contributed by atoms with E-state index in [0.29, 0.717) is 18.8 Å². The van der Waals surface area contributed by atoms with Crippen molar-refractivity contribution in [3.8, 4) is 0 Å². The van der Waals surface area contributed by atoms with Gasteiger partial charge in [-0.2, -0.15) is 0 Å². The molecule has 0 spiro atoms. The molecule has 0 aromatic carbocycles. The van der Waals surface area contributed by atoms with E-state index < -0.39 is 6.10 Å². The molecule has 0 aliphatic carbocycles. The van der Waals surface area contributed by atoms with Crippen molar-refractivity contribution in [2.24, 2.45) is 0 Å². The number of nitrogens with zero attached hydrogens (tertiary/aromatic N) is 2. The van der Waals surface area contributed by atoms with Crippen LogP contribution in [0.25, 0.3) is 0 Å². The Morgan fingerprint density at radius 2 is 2.44 bits per heavy atom. The van der Waals surface area contributed by atoms with E-state index in [-0.39, 0.29) is 17.7 Å². The normalized spacial score (nSPS) is 24.7. The van der Waals surface area contributed by atoms with Crippen molar-refractivity contribution in [1.82, 2.24) is 15.4 Å². The zero-order valence-electron chi connectivity index (χ0n) is 9.30. The Kier molecular flexibility index (Phi) is 2.93. The first-order valence-electron chi connectivity index (χ1n) is 5.19. The molecule has 88 valence electrons. The van der Waals surface area contributed by atoms with E-state index in [0.717, 1.165) is 0 Å². The molecule has 6 nitrogen and oxygen atoms in total. The lowest BCUT2D eigenvalue weighted by Crippen LogP contribution is -2.44. The van der Waals surface area contributed by atoms with Gasteiger partial charge in [-0.25, -0.2) is 0 Å². The summed E-state index contributed by atoms with van der Waals surface area (Å²) in [7, 11) is 1.65. The van der Waals surface area contributed by atoms with Crippen LogP contribution in [0.3, 0.4) is 0 Å². The van der Waals surface area contributed by atoms with E-state index in [1.807, 2.05) is 0 Å². The van der Waals surface area contributed by atoms with E-state index in [4.69, 9.17) is 4.52 Å². The first-order chi connectivity index (χ1) is 7.59. The molecule has 0 bridgehead atoms. The van der Waals surface area contributed by atoms with E-state index >= 15 is 0 Å². The molecule has 1 aromatic rings. The van der Waals surface area contributed by atoms with Gasteiger partial charge in [0, 0.05) is 26.2 Å². The number of carbonyl (C=O) groups excluding carboxylic acids is 1. The fourth-order valence-electron chi connectivity index (χ4n) is 1.84. The van der Waals surface area contributed by atoms with Crippen molar-refractivity contribution in [2.45, 2.75) is 19.1 Å². The van der Waals surface area contributed by atoms with Gasteiger partial charge in [-0.1, -0.05) is 5.16 Å².